The van der Waals surface area contributed by atoms with Crippen molar-refractivity contribution in [3.63, 3.8) is 0 Å². The number of rotatable bonds is 2. The van der Waals surface area contributed by atoms with Crippen LogP contribution >= 0.6 is 0 Å². The number of nitrogen functional groups attached to an aromatic ring is 1. The monoisotopic (exact) mass is 183 g/mol. The average Bonchev–Trinajstić information content (AvgIpc) is 2.08. The second-order valence-electron chi connectivity index (χ2n) is 2.60. The van der Waals surface area contributed by atoms with Crippen molar-refractivity contribution in [3.05, 3.63) is 23.8 Å². The van der Waals surface area contributed by atoms with E-state index in [4.69, 9.17) is 5.73 Å². The molecule has 2 nitrogen and oxygen atoms in total. The van der Waals surface area contributed by atoms with Crippen LogP contribution in [0.25, 0.3) is 0 Å². The second-order valence-corrected chi connectivity index (χ2v) is 4.31. The summed E-state index contributed by atoms with van der Waals surface area (Å²) < 4.78 is 11.4. The second kappa shape index (κ2) is 3.72. The van der Waals surface area contributed by atoms with E-state index < -0.39 is 10.8 Å². The van der Waals surface area contributed by atoms with Crippen LogP contribution in [0.4, 0.5) is 5.69 Å². The predicted octanol–water partition coefficient (Wildman–Crippen LogP) is 1.70. The Morgan fingerprint density at radius 1 is 1.50 bits per heavy atom. The van der Waals surface area contributed by atoms with Crippen LogP contribution in [0.2, 0.25) is 0 Å². The van der Waals surface area contributed by atoms with Gasteiger partial charge in [0, 0.05) is 16.3 Å². The van der Waals surface area contributed by atoms with Gasteiger partial charge >= 0.3 is 0 Å². The lowest BCUT2D eigenvalue weighted by molar-refractivity contribution is 0.683. The minimum absolute atomic E-state index is 0.643. The molecule has 0 saturated carbocycles. The molecule has 0 aliphatic heterocycles. The average molecular weight is 183 g/mol. The molecule has 0 bridgehead atoms. The summed E-state index contributed by atoms with van der Waals surface area (Å²) in [6, 6.07) is 5.53. The number of hydrogen-bond acceptors (Lipinski definition) is 2. The summed E-state index contributed by atoms with van der Waals surface area (Å²) in [7, 11) is -0.892. The van der Waals surface area contributed by atoms with Gasteiger partial charge in [-0.3, -0.25) is 4.21 Å². The molecule has 0 aliphatic carbocycles. The third kappa shape index (κ3) is 1.67. The Labute approximate surface area is 75.2 Å². The molecule has 0 saturated heterocycles. The Bertz CT molecular complexity index is 309. The van der Waals surface area contributed by atoms with Crippen LogP contribution in [0.5, 0.6) is 0 Å². The fourth-order valence-corrected chi connectivity index (χ4v) is 2.03. The van der Waals surface area contributed by atoms with Crippen molar-refractivity contribution in [2.75, 3.05) is 11.5 Å². The molecule has 66 valence electrons. The van der Waals surface area contributed by atoms with Gasteiger partial charge in [0.2, 0.25) is 0 Å². The molecule has 2 N–H and O–H groups in total. The summed E-state index contributed by atoms with van der Waals surface area (Å²) in [5, 5.41) is 0. The van der Waals surface area contributed by atoms with E-state index in [9.17, 15) is 4.21 Å². The van der Waals surface area contributed by atoms with Gasteiger partial charge in [0.05, 0.1) is 10.8 Å². The first-order valence-electron chi connectivity index (χ1n) is 3.90. The molecule has 1 rings (SSSR count). The molecule has 0 radical (unpaired) electrons. The third-order valence-corrected chi connectivity index (χ3v) is 3.29. The largest absolute Gasteiger partial charge is 0.398 e. The summed E-state index contributed by atoms with van der Waals surface area (Å²) in [5.41, 5.74) is 7.34. The molecular weight excluding hydrogens is 170 g/mol. The summed E-state index contributed by atoms with van der Waals surface area (Å²) in [6.07, 6.45) is 0. The van der Waals surface area contributed by atoms with Gasteiger partial charge < -0.3 is 5.73 Å². The molecule has 0 heterocycles. The molecule has 12 heavy (non-hydrogen) atoms. The molecular formula is C9H13NOS. The fourth-order valence-electron chi connectivity index (χ4n) is 1.03. The smallest absolute Gasteiger partial charge is 0.0530 e. The first-order valence-corrected chi connectivity index (χ1v) is 5.22. The topological polar surface area (TPSA) is 43.1 Å². The molecule has 1 atom stereocenters. The standard InChI is InChI=1S/C9H13NOS/c1-3-12(11)9-6-4-5-8(10)7(9)2/h4-6H,3,10H2,1-2H3. The van der Waals surface area contributed by atoms with Gasteiger partial charge in [0.1, 0.15) is 0 Å². The maximum absolute atomic E-state index is 11.4. The van der Waals surface area contributed by atoms with Gasteiger partial charge in [-0.15, -0.1) is 0 Å². The first-order chi connectivity index (χ1) is 5.66. The van der Waals surface area contributed by atoms with Crippen molar-refractivity contribution in [2.24, 2.45) is 0 Å². The maximum Gasteiger partial charge on any atom is 0.0530 e. The Kier molecular flexibility index (Phi) is 2.87. The van der Waals surface area contributed by atoms with E-state index in [1.807, 2.05) is 32.0 Å². The lowest BCUT2D eigenvalue weighted by Gasteiger charge is -2.05. The van der Waals surface area contributed by atoms with Crippen LogP contribution in [0.15, 0.2) is 23.1 Å². The molecule has 0 amide bonds. The number of nitrogens with two attached hydrogens (primary N) is 1. The first kappa shape index (κ1) is 9.26. The van der Waals surface area contributed by atoms with Crippen LogP contribution in [0, 0.1) is 6.92 Å². The van der Waals surface area contributed by atoms with Crippen LogP contribution in [-0.2, 0) is 10.8 Å². The summed E-state index contributed by atoms with van der Waals surface area (Å²) >= 11 is 0. The van der Waals surface area contributed by atoms with E-state index >= 15 is 0 Å². The Hall–Kier alpha value is -0.830. The molecule has 0 aliphatic rings. The van der Waals surface area contributed by atoms with E-state index in [0.717, 1.165) is 10.5 Å². The maximum atomic E-state index is 11.4. The Morgan fingerprint density at radius 2 is 2.17 bits per heavy atom. The zero-order valence-corrected chi connectivity index (χ0v) is 8.15. The molecule has 3 heteroatoms. The van der Waals surface area contributed by atoms with Gasteiger partial charge in [0.15, 0.2) is 0 Å². The number of anilines is 1. The molecule has 0 fully saturated rings. The van der Waals surface area contributed by atoms with Crippen LogP contribution in [0.3, 0.4) is 0 Å². The van der Waals surface area contributed by atoms with Crippen LogP contribution in [-0.4, -0.2) is 9.96 Å². The van der Waals surface area contributed by atoms with E-state index in [0.29, 0.717) is 11.4 Å². The van der Waals surface area contributed by atoms with Crippen molar-refractivity contribution in [3.8, 4) is 0 Å². The summed E-state index contributed by atoms with van der Waals surface area (Å²) in [5.74, 6) is 0.643. The highest BCUT2D eigenvalue weighted by Crippen LogP contribution is 2.18. The van der Waals surface area contributed by atoms with Crippen molar-refractivity contribution in [1.82, 2.24) is 0 Å². The zero-order valence-electron chi connectivity index (χ0n) is 7.33. The van der Waals surface area contributed by atoms with E-state index in [2.05, 4.69) is 0 Å². The lowest BCUT2D eigenvalue weighted by atomic mass is 10.2. The lowest BCUT2D eigenvalue weighted by Crippen LogP contribution is -1.99. The molecule has 1 aromatic carbocycles. The highest BCUT2D eigenvalue weighted by molar-refractivity contribution is 7.85. The van der Waals surface area contributed by atoms with E-state index in [-0.39, 0.29) is 0 Å². The summed E-state index contributed by atoms with van der Waals surface area (Å²) in [6.45, 7) is 3.80. The minimum atomic E-state index is -0.892. The molecule has 0 aromatic heterocycles. The predicted molar refractivity (Wildman–Crippen MR) is 52.5 cm³/mol. The van der Waals surface area contributed by atoms with Crippen molar-refractivity contribution in [2.45, 2.75) is 18.7 Å². The van der Waals surface area contributed by atoms with Crippen molar-refractivity contribution in [1.29, 1.82) is 0 Å². The van der Waals surface area contributed by atoms with Crippen molar-refractivity contribution < 1.29 is 4.21 Å². The molecule has 1 aromatic rings. The summed E-state index contributed by atoms with van der Waals surface area (Å²) in [4.78, 5) is 0.859. The molecule has 0 spiro atoms. The van der Waals surface area contributed by atoms with E-state index in [1.54, 1.807) is 0 Å². The van der Waals surface area contributed by atoms with Gasteiger partial charge in [-0.25, -0.2) is 0 Å². The normalized spacial score (nSPS) is 12.8. The van der Waals surface area contributed by atoms with Gasteiger partial charge in [0.25, 0.3) is 0 Å². The number of benzene rings is 1. The van der Waals surface area contributed by atoms with Gasteiger partial charge in [-0.2, -0.15) is 0 Å². The van der Waals surface area contributed by atoms with Crippen molar-refractivity contribution >= 4 is 16.5 Å². The van der Waals surface area contributed by atoms with Gasteiger partial charge in [-0.05, 0) is 24.6 Å². The third-order valence-electron chi connectivity index (χ3n) is 1.83. The Morgan fingerprint density at radius 3 is 2.75 bits per heavy atom. The van der Waals surface area contributed by atoms with E-state index in [1.165, 1.54) is 0 Å². The quantitative estimate of drug-likeness (QED) is 0.709. The zero-order chi connectivity index (χ0) is 9.14. The Balaban J connectivity index is 3.16. The fraction of sp³-hybridized carbons (Fsp3) is 0.333. The van der Waals surface area contributed by atoms with Crippen LogP contribution in [0.1, 0.15) is 12.5 Å². The van der Waals surface area contributed by atoms with Crippen LogP contribution < -0.4 is 5.73 Å². The molecule has 1 unspecified atom stereocenters. The SMILES string of the molecule is CCS(=O)c1cccc(N)c1C. The van der Waals surface area contributed by atoms with Gasteiger partial charge in [-0.1, -0.05) is 13.0 Å². The minimum Gasteiger partial charge on any atom is -0.398 e. The highest BCUT2D eigenvalue weighted by atomic mass is 32.2. The highest BCUT2D eigenvalue weighted by Gasteiger charge is 2.05. The number of hydrogen-bond donors (Lipinski definition) is 1.